The van der Waals surface area contributed by atoms with Crippen molar-refractivity contribution in [2.45, 2.75) is 19.4 Å². The lowest BCUT2D eigenvalue weighted by molar-refractivity contribution is -0.137. The number of carboxylic acids is 2. The minimum atomic E-state index is -0.938. The number of halogens is 1. The van der Waals surface area contributed by atoms with Gasteiger partial charge in [0.15, 0.2) is 11.2 Å². The zero-order valence-corrected chi connectivity index (χ0v) is 21.4. The molecule has 0 aliphatic heterocycles. The topological polar surface area (TPSA) is 139 Å². The molecule has 0 aliphatic carbocycles. The summed E-state index contributed by atoms with van der Waals surface area (Å²) in [5, 5.41) is 21.1. The first-order valence-electron chi connectivity index (χ1n) is 12.7. The standard InChI is InChI=1S/C31H22FN3O6/c32-22-15-21(31-35-25-12-19(14-29(38)39)4-10-27(25)41-31)7-8-23(22)33-16-17-1-5-20(6-2-17)30-34-24-11-18(13-28(36)37)3-9-26(24)40-30/h1-12,15,33H,13-14,16H2,(H,36,37)(H,38,39). The average Bonchev–Trinajstić information content (AvgIpc) is 3.56. The van der Waals surface area contributed by atoms with Crippen molar-refractivity contribution in [3.63, 3.8) is 0 Å². The number of hydrogen-bond acceptors (Lipinski definition) is 7. The Morgan fingerprint density at radius 3 is 1.73 bits per heavy atom. The highest BCUT2D eigenvalue weighted by Crippen LogP contribution is 2.29. The van der Waals surface area contributed by atoms with Crippen LogP contribution in [0.1, 0.15) is 16.7 Å². The van der Waals surface area contributed by atoms with E-state index in [1.807, 2.05) is 24.3 Å². The van der Waals surface area contributed by atoms with E-state index in [-0.39, 0.29) is 18.7 Å². The molecule has 0 unspecified atom stereocenters. The number of hydrogen-bond donors (Lipinski definition) is 3. The number of fused-ring (bicyclic) bond motifs is 2. The van der Waals surface area contributed by atoms with Crippen molar-refractivity contribution in [3.8, 4) is 22.9 Å². The Hall–Kier alpha value is -5.51. The van der Waals surface area contributed by atoms with Crippen LogP contribution >= 0.6 is 0 Å². The number of aromatic nitrogens is 2. The molecule has 0 aliphatic rings. The van der Waals surface area contributed by atoms with Crippen LogP contribution in [0.25, 0.3) is 45.1 Å². The van der Waals surface area contributed by atoms with Crippen molar-refractivity contribution in [3.05, 3.63) is 101 Å². The van der Waals surface area contributed by atoms with E-state index in [1.165, 1.54) is 6.07 Å². The maximum atomic E-state index is 14.9. The van der Waals surface area contributed by atoms with Gasteiger partial charge in [-0.1, -0.05) is 24.3 Å². The summed E-state index contributed by atoms with van der Waals surface area (Å²) in [6.45, 7) is 0.373. The maximum Gasteiger partial charge on any atom is 0.307 e. The Labute approximate surface area is 231 Å². The lowest BCUT2D eigenvalue weighted by atomic mass is 10.1. The Morgan fingerprint density at radius 1 is 0.683 bits per heavy atom. The van der Waals surface area contributed by atoms with Crippen LogP contribution in [0.4, 0.5) is 10.1 Å². The summed E-state index contributed by atoms with van der Waals surface area (Å²) in [4.78, 5) is 30.8. The largest absolute Gasteiger partial charge is 0.481 e. The summed E-state index contributed by atoms with van der Waals surface area (Å²) in [7, 11) is 0. The van der Waals surface area contributed by atoms with Crippen LogP contribution in [0, 0.1) is 5.82 Å². The van der Waals surface area contributed by atoms with Crippen molar-refractivity contribution in [1.29, 1.82) is 0 Å². The molecular weight excluding hydrogens is 529 g/mol. The smallest absolute Gasteiger partial charge is 0.307 e. The number of aliphatic carboxylic acids is 2. The summed E-state index contributed by atoms with van der Waals surface area (Å²) in [5.74, 6) is -1.66. The summed E-state index contributed by atoms with van der Waals surface area (Å²) in [5.41, 5.74) is 5.84. The quantitative estimate of drug-likeness (QED) is 0.189. The molecule has 0 saturated heterocycles. The Bertz CT molecular complexity index is 1930. The van der Waals surface area contributed by atoms with Crippen molar-refractivity contribution < 1.29 is 33.0 Å². The second kappa shape index (κ2) is 10.6. The molecule has 10 heteroatoms. The van der Waals surface area contributed by atoms with Crippen molar-refractivity contribution in [2.75, 3.05) is 5.32 Å². The first kappa shape index (κ1) is 25.8. The van der Waals surface area contributed by atoms with Crippen LogP contribution in [-0.4, -0.2) is 32.1 Å². The molecule has 4 aromatic carbocycles. The third kappa shape index (κ3) is 5.62. The van der Waals surface area contributed by atoms with Gasteiger partial charge in [-0.05, 0) is 71.3 Å². The van der Waals surface area contributed by atoms with E-state index in [0.717, 1.165) is 11.1 Å². The highest BCUT2D eigenvalue weighted by molar-refractivity contribution is 5.80. The Morgan fingerprint density at radius 2 is 1.20 bits per heavy atom. The van der Waals surface area contributed by atoms with E-state index in [1.54, 1.807) is 48.5 Å². The van der Waals surface area contributed by atoms with Crippen molar-refractivity contribution in [2.24, 2.45) is 0 Å². The van der Waals surface area contributed by atoms with Crippen molar-refractivity contribution >= 4 is 39.8 Å². The molecule has 0 spiro atoms. The van der Waals surface area contributed by atoms with E-state index in [2.05, 4.69) is 15.3 Å². The van der Waals surface area contributed by atoms with E-state index in [4.69, 9.17) is 19.0 Å². The third-order valence-corrected chi connectivity index (χ3v) is 6.51. The number of nitrogens with zero attached hydrogens (tertiary/aromatic N) is 2. The van der Waals surface area contributed by atoms with E-state index >= 15 is 0 Å². The Balaban J connectivity index is 1.13. The van der Waals surface area contributed by atoms with Gasteiger partial charge in [0.1, 0.15) is 16.9 Å². The van der Waals surface area contributed by atoms with Gasteiger partial charge in [-0.2, -0.15) is 0 Å². The first-order valence-corrected chi connectivity index (χ1v) is 12.7. The predicted octanol–water partition coefficient (Wildman–Crippen LogP) is 6.31. The molecule has 3 N–H and O–H groups in total. The van der Waals surface area contributed by atoms with Gasteiger partial charge in [0.2, 0.25) is 11.8 Å². The van der Waals surface area contributed by atoms with Gasteiger partial charge in [-0.3, -0.25) is 9.59 Å². The number of carbonyl (C=O) groups is 2. The normalized spacial score (nSPS) is 11.2. The van der Waals surface area contributed by atoms with Gasteiger partial charge in [-0.25, -0.2) is 14.4 Å². The summed E-state index contributed by atoms with van der Waals surface area (Å²) >= 11 is 0. The Kier molecular flexibility index (Phi) is 6.64. The molecule has 204 valence electrons. The number of carboxylic acid groups (broad SMARTS) is 2. The molecule has 2 aromatic heterocycles. The molecular formula is C31H22FN3O6. The van der Waals surface area contributed by atoms with Crippen LogP contribution in [0.3, 0.4) is 0 Å². The SMILES string of the molecule is O=C(O)Cc1ccc2oc(-c3ccc(CNc4ccc(-c5nc6cc(CC(=O)O)ccc6o5)cc4F)cc3)nc2c1. The molecule has 0 bridgehead atoms. The lowest BCUT2D eigenvalue weighted by Gasteiger charge is -2.09. The molecule has 0 saturated carbocycles. The molecule has 9 nitrogen and oxygen atoms in total. The highest BCUT2D eigenvalue weighted by Gasteiger charge is 2.14. The lowest BCUT2D eigenvalue weighted by Crippen LogP contribution is -2.01. The van der Waals surface area contributed by atoms with Crippen LogP contribution in [-0.2, 0) is 29.0 Å². The zero-order chi connectivity index (χ0) is 28.5. The van der Waals surface area contributed by atoms with Gasteiger partial charge in [-0.15, -0.1) is 0 Å². The number of benzene rings is 4. The molecule has 0 radical (unpaired) electrons. The van der Waals surface area contributed by atoms with Gasteiger partial charge in [0.25, 0.3) is 0 Å². The molecule has 0 atom stereocenters. The molecule has 6 rings (SSSR count). The second-order valence-electron chi connectivity index (χ2n) is 9.53. The fourth-order valence-electron chi connectivity index (χ4n) is 4.52. The maximum absolute atomic E-state index is 14.9. The van der Waals surface area contributed by atoms with Crippen LogP contribution in [0.15, 0.2) is 87.7 Å². The fourth-order valence-corrected chi connectivity index (χ4v) is 4.52. The fraction of sp³-hybridized carbons (Fsp3) is 0.0968. The molecule has 41 heavy (non-hydrogen) atoms. The first-order chi connectivity index (χ1) is 19.8. The molecule has 0 amide bonds. The highest BCUT2D eigenvalue weighted by atomic mass is 19.1. The summed E-state index contributed by atoms with van der Waals surface area (Å²) < 4.78 is 26.5. The van der Waals surface area contributed by atoms with Gasteiger partial charge in [0.05, 0.1) is 18.5 Å². The number of oxazole rings is 2. The summed E-state index contributed by atoms with van der Waals surface area (Å²) in [6.07, 6.45) is -0.208. The molecule has 0 fully saturated rings. The molecule has 2 heterocycles. The predicted molar refractivity (Wildman–Crippen MR) is 149 cm³/mol. The van der Waals surface area contributed by atoms with Gasteiger partial charge >= 0.3 is 11.9 Å². The minimum absolute atomic E-state index is 0.0864. The van der Waals surface area contributed by atoms with E-state index in [9.17, 15) is 14.0 Å². The van der Waals surface area contributed by atoms with Crippen LogP contribution < -0.4 is 5.32 Å². The second-order valence-corrected chi connectivity index (χ2v) is 9.53. The van der Waals surface area contributed by atoms with Crippen molar-refractivity contribution in [1.82, 2.24) is 9.97 Å². The van der Waals surface area contributed by atoms with Crippen LogP contribution in [0.5, 0.6) is 0 Å². The van der Waals surface area contributed by atoms with Gasteiger partial charge < -0.3 is 24.4 Å². The number of nitrogens with one attached hydrogen (secondary N) is 1. The minimum Gasteiger partial charge on any atom is -0.481 e. The van der Waals surface area contributed by atoms with Gasteiger partial charge in [0, 0.05) is 17.7 Å². The molecule has 6 aromatic rings. The number of rotatable bonds is 9. The zero-order valence-electron chi connectivity index (χ0n) is 21.4. The average molecular weight is 552 g/mol. The van der Waals surface area contributed by atoms with E-state index in [0.29, 0.717) is 57.0 Å². The van der Waals surface area contributed by atoms with Crippen LogP contribution in [0.2, 0.25) is 0 Å². The summed E-state index contributed by atoms with van der Waals surface area (Å²) in [6, 6.07) is 22.2. The monoisotopic (exact) mass is 551 g/mol. The third-order valence-electron chi connectivity index (χ3n) is 6.51. The van der Waals surface area contributed by atoms with E-state index < -0.39 is 17.8 Å². The number of anilines is 1.